The van der Waals surface area contributed by atoms with E-state index in [1.54, 1.807) is 6.26 Å². The van der Waals surface area contributed by atoms with E-state index in [2.05, 4.69) is 20.8 Å². The maximum atomic E-state index is 9.75. The van der Waals surface area contributed by atoms with Crippen LogP contribution in [0.3, 0.4) is 0 Å². The monoisotopic (exact) mass is 224 g/mol. The zero-order chi connectivity index (χ0) is 12.1. The molecule has 0 aliphatic heterocycles. The molecule has 0 atom stereocenters. The third kappa shape index (κ3) is 9.24. The van der Waals surface area contributed by atoms with Crippen LogP contribution in [0.2, 0.25) is 0 Å². The Hall–Kier alpha value is -1.07. The van der Waals surface area contributed by atoms with Crippen molar-refractivity contribution in [3.05, 3.63) is 30.2 Å². The van der Waals surface area contributed by atoms with Gasteiger partial charge in [-0.05, 0) is 26.8 Å². The van der Waals surface area contributed by atoms with E-state index in [1.165, 1.54) is 0 Å². The molecule has 1 aromatic heterocycles. The predicted octanol–water partition coefficient (Wildman–Crippen LogP) is 4.16. The Balaban J connectivity index is 0.000000336. The Morgan fingerprint density at radius 3 is 1.73 bits per heavy atom. The van der Waals surface area contributed by atoms with Gasteiger partial charge in [0.25, 0.3) is 0 Å². The third-order valence-corrected chi connectivity index (χ3v) is 1.37. The van der Waals surface area contributed by atoms with Crippen LogP contribution >= 0.6 is 0 Å². The van der Waals surface area contributed by atoms with Gasteiger partial charge in [0.1, 0.15) is 0 Å². The first-order valence-electron chi connectivity index (χ1n) is 4.35. The molecule has 1 aromatic rings. The summed E-state index contributed by atoms with van der Waals surface area (Å²) in [5.41, 5.74) is 0.126. The second-order valence-corrected chi connectivity index (χ2v) is 3.91. The van der Waals surface area contributed by atoms with Crippen LogP contribution in [0, 0.1) is 0 Å². The van der Waals surface area contributed by atoms with Gasteiger partial charge in [0, 0.05) is 12.1 Å². The lowest BCUT2D eigenvalue weighted by Gasteiger charge is -2.06. The second kappa shape index (κ2) is 5.14. The van der Waals surface area contributed by atoms with Gasteiger partial charge in [0.15, 0.2) is 0 Å². The van der Waals surface area contributed by atoms with Crippen LogP contribution < -0.4 is 0 Å². The summed E-state index contributed by atoms with van der Waals surface area (Å²) < 4.78 is 44.3. The van der Waals surface area contributed by atoms with Crippen LogP contribution in [-0.4, -0.2) is 7.25 Å². The van der Waals surface area contributed by atoms with Gasteiger partial charge in [-0.15, -0.1) is 0 Å². The van der Waals surface area contributed by atoms with E-state index >= 15 is 0 Å². The summed E-state index contributed by atoms with van der Waals surface area (Å²) in [5.74, 6) is 1.02. The minimum Gasteiger partial charge on any atom is -0.418 e. The minimum atomic E-state index is -6.00. The summed E-state index contributed by atoms with van der Waals surface area (Å²) in [7, 11) is -6.00. The predicted molar refractivity (Wildman–Crippen MR) is 52.0 cm³/mol. The molecule has 0 N–H and O–H groups in total. The number of halogens is 4. The van der Waals surface area contributed by atoms with E-state index in [0.29, 0.717) is 0 Å². The van der Waals surface area contributed by atoms with Crippen LogP contribution in [0.25, 0.3) is 0 Å². The molecule has 0 amide bonds. The molecule has 1 nitrogen and oxygen atoms in total. The Morgan fingerprint density at radius 2 is 1.53 bits per heavy atom. The smallest absolute Gasteiger partial charge is 0.418 e. The Kier molecular flexibility index (Phi) is 4.77. The van der Waals surface area contributed by atoms with Gasteiger partial charge >= 0.3 is 19.3 Å². The first kappa shape index (κ1) is 13.9. The molecule has 0 saturated heterocycles. The zero-order valence-corrected chi connectivity index (χ0v) is 8.81. The molecule has 0 spiro atoms. The van der Waals surface area contributed by atoms with Crippen molar-refractivity contribution in [2.24, 2.45) is 0 Å². The van der Waals surface area contributed by atoms with Gasteiger partial charge in [-0.1, -0.05) is 0 Å². The van der Waals surface area contributed by atoms with Gasteiger partial charge in [0.05, 0.1) is 5.41 Å². The number of hydrogen-bond acceptors (Lipinski definition) is 0. The Labute approximate surface area is 86.2 Å². The highest BCUT2D eigenvalue weighted by molar-refractivity contribution is 6.50. The fourth-order valence-corrected chi connectivity index (χ4v) is 0.767. The SMILES string of the molecule is CC(C)(C)c1cccc[o+]1.F[B-](F)(F)F. The number of hydrogen-bond donors (Lipinski definition) is 0. The molecule has 86 valence electrons. The maximum absolute atomic E-state index is 9.75. The van der Waals surface area contributed by atoms with Gasteiger partial charge in [-0.25, -0.2) is 4.42 Å². The van der Waals surface area contributed by atoms with Crippen LogP contribution in [0.1, 0.15) is 26.5 Å². The molecule has 0 fully saturated rings. The highest BCUT2D eigenvalue weighted by Gasteiger charge is 2.24. The van der Waals surface area contributed by atoms with E-state index in [9.17, 15) is 17.3 Å². The summed E-state index contributed by atoms with van der Waals surface area (Å²) in [6.07, 6.45) is 1.71. The summed E-state index contributed by atoms with van der Waals surface area (Å²) in [5, 5.41) is 0. The average molecular weight is 224 g/mol. The normalized spacial score (nSPS) is 11.7. The fraction of sp³-hybridized carbons (Fsp3) is 0.444. The van der Waals surface area contributed by atoms with E-state index < -0.39 is 7.25 Å². The summed E-state index contributed by atoms with van der Waals surface area (Å²) in [6, 6.07) is 5.87. The molecule has 0 radical (unpaired) electrons. The highest BCUT2D eigenvalue weighted by Crippen LogP contribution is 2.20. The Bertz CT molecular complexity index is 272. The molecular formula is C9H13BF4O. The summed E-state index contributed by atoms with van der Waals surface area (Å²) in [6.45, 7) is 6.39. The van der Waals surface area contributed by atoms with Gasteiger partial charge in [-0.2, -0.15) is 0 Å². The van der Waals surface area contributed by atoms with E-state index in [-0.39, 0.29) is 5.41 Å². The van der Waals surface area contributed by atoms with Crippen molar-refractivity contribution >= 4 is 7.25 Å². The van der Waals surface area contributed by atoms with Crippen LogP contribution in [0.4, 0.5) is 17.3 Å². The average Bonchev–Trinajstić information content (AvgIpc) is 2.01. The molecule has 1 rings (SSSR count). The van der Waals surface area contributed by atoms with Crippen LogP contribution in [0.5, 0.6) is 0 Å². The first-order valence-corrected chi connectivity index (χ1v) is 4.35. The standard InChI is InChI=1S/C9H13O.BF4/c1-9(2,3)8-6-4-5-7-10-8;2-1(3,4)5/h4-7H,1-3H3;/q+1;-1. The lowest BCUT2D eigenvalue weighted by atomic mass is 9.93. The van der Waals surface area contributed by atoms with Crippen LogP contribution in [-0.2, 0) is 5.41 Å². The quantitative estimate of drug-likeness (QED) is 0.365. The minimum absolute atomic E-state index is 0.126. The lowest BCUT2D eigenvalue weighted by molar-refractivity contribution is 0.368. The number of rotatable bonds is 0. The highest BCUT2D eigenvalue weighted by atomic mass is 19.5. The Morgan fingerprint density at radius 1 is 1.07 bits per heavy atom. The van der Waals surface area contributed by atoms with Crippen molar-refractivity contribution in [3.63, 3.8) is 0 Å². The third-order valence-electron chi connectivity index (χ3n) is 1.37. The topological polar surface area (TPSA) is 11.3 Å². The van der Waals surface area contributed by atoms with E-state index in [4.69, 9.17) is 4.42 Å². The molecule has 0 aliphatic carbocycles. The van der Waals surface area contributed by atoms with E-state index in [0.717, 1.165) is 5.76 Å². The van der Waals surface area contributed by atoms with E-state index in [1.807, 2.05) is 18.2 Å². The fourth-order valence-electron chi connectivity index (χ4n) is 0.767. The maximum Gasteiger partial charge on any atom is 0.673 e. The molecule has 1 heterocycles. The largest absolute Gasteiger partial charge is 0.673 e. The molecule has 15 heavy (non-hydrogen) atoms. The molecule has 0 bridgehead atoms. The molecular weight excluding hydrogens is 211 g/mol. The van der Waals surface area contributed by atoms with Crippen molar-refractivity contribution in [1.29, 1.82) is 0 Å². The van der Waals surface area contributed by atoms with Gasteiger partial charge in [-0.3, -0.25) is 0 Å². The molecule has 0 aromatic carbocycles. The summed E-state index contributed by atoms with van der Waals surface area (Å²) in [4.78, 5) is 0. The molecule has 0 saturated carbocycles. The van der Waals surface area contributed by atoms with Crippen molar-refractivity contribution in [3.8, 4) is 0 Å². The van der Waals surface area contributed by atoms with Gasteiger partial charge in [0.2, 0.25) is 0 Å². The molecule has 0 aliphatic rings. The lowest BCUT2D eigenvalue weighted by Crippen LogP contribution is -2.10. The second-order valence-electron chi connectivity index (χ2n) is 3.91. The summed E-state index contributed by atoms with van der Waals surface area (Å²) >= 11 is 0. The van der Waals surface area contributed by atoms with Crippen molar-refractivity contribution < 1.29 is 21.7 Å². The molecule has 6 heteroatoms. The molecule has 0 unspecified atom stereocenters. The van der Waals surface area contributed by atoms with Gasteiger partial charge < -0.3 is 17.3 Å². The van der Waals surface area contributed by atoms with Crippen molar-refractivity contribution in [1.82, 2.24) is 0 Å². The first-order chi connectivity index (χ1) is 6.61. The zero-order valence-electron chi connectivity index (χ0n) is 8.81. The van der Waals surface area contributed by atoms with Crippen LogP contribution in [0.15, 0.2) is 28.9 Å². The van der Waals surface area contributed by atoms with Crippen molar-refractivity contribution in [2.45, 2.75) is 26.2 Å². The van der Waals surface area contributed by atoms with Crippen molar-refractivity contribution in [2.75, 3.05) is 0 Å².